The SMILES string of the molecule is CC(=O)[C@@H]1CCC(C)(C)N1C(C)=O. The highest BCUT2D eigenvalue weighted by Crippen LogP contribution is 2.33. The van der Waals surface area contributed by atoms with Crippen molar-refractivity contribution < 1.29 is 9.59 Å². The summed E-state index contributed by atoms with van der Waals surface area (Å²) in [5.41, 5.74) is -0.151. The van der Waals surface area contributed by atoms with Crippen molar-refractivity contribution in [3.05, 3.63) is 0 Å². The molecule has 1 aliphatic rings. The highest BCUT2D eigenvalue weighted by atomic mass is 16.2. The second kappa shape index (κ2) is 3.13. The Labute approximate surface area is 79.1 Å². The Hall–Kier alpha value is -0.860. The van der Waals surface area contributed by atoms with E-state index in [2.05, 4.69) is 0 Å². The maximum absolute atomic E-state index is 11.4. The van der Waals surface area contributed by atoms with Crippen LogP contribution >= 0.6 is 0 Å². The number of amides is 1. The quantitative estimate of drug-likeness (QED) is 0.615. The topological polar surface area (TPSA) is 37.4 Å². The van der Waals surface area contributed by atoms with Crippen LogP contribution in [0.2, 0.25) is 0 Å². The Morgan fingerprint density at radius 3 is 2.15 bits per heavy atom. The predicted octanol–water partition coefficient (Wildman–Crippen LogP) is 1.36. The van der Waals surface area contributed by atoms with E-state index in [-0.39, 0.29) is 23.3 Å². The molecule has 3 heteroatoms. The van der Waals surface area contributed by atoms with Gasteiger partial charge >= 0.3 is 0 Å². The van der Waals surface area contributed by atoms with Gasteiger partial charge in [-0.25, -0.2) is 0 Å². The molecule has 0 aromatic heterocycles. The van der Waals surface area contributed by atoms with E-state index in [1.54, 1.807) is 11.8 Å². The molecule has 74 valence electrons. The van der Waals surface area contributed by atoms with E-state index in [1.165, 1.54) is 6.92 Å². The lowest BCUT2D eigenvalue weighted by Gasteiger charge is -2.34. The third-order valence-corrected chi connectivity index (χ3v) is 2.80. The van der Waals surface area contributed by atoms with E-state index in [0.717, 1.165) is 12.8 Å². The van der Waals surface area contributed by atoms with Gasteiger partial charge in [0.1, 0.15) is 0 Å². The van der Waals surface area contributed by atoms with E-state index in [0.29, 0.717) is 0 Å². The molecule has 0 aliphatic carbocycles. The minimum absolute atomic E-state index is 0.00250. The Morgan fingerprint density at radius 1 is 1.31 bits per heavy atom. The van der Waals surface area contributed by atoms with Crippen LogP contribution in [-0.4, -0.2) is 28.2 Å². The first-order chi connectivity index (χ1) is 5.86. The van der Waals surface area contributed by atoms with E-state index >= 15 is 0 Å². The monoisotopic (exact) mass is 183 g/mol. The van der Waals surface area contributed by atoms with Gasteiger partial charge in [0.2, 0.25) is 5.91 Å². The molecule has 0 spiro atoms. The van der Waals surface area contributed by atoms with Crippen LogP contribution in [0.25, 0.3) is 0 Å². The molecule has 13 heavy (non-hydrogen) atoms. The number of hydrogen-bond acceptors (Lipinski definition) is 2. The van der Waals surface area contributed by atoms with E-state index in [1.807, 2.05) is 13.8 Å². The number of rotatable bonds is 1. The first kappa shape index (κ1) is 10.2. The third-order valence-electron chi connectivity index (χ3n) is 2.80. The van der Waals surface area contributed by atoms with Gasteiger partial charge in [0, 0.05) is 12.5 Å². The molecule has 0 aromatic carbocycles. The number of Topliss-reactive ketones (excluding diaryl/α,β-unsaturated/α-hetero) is 1. The van der Waals surface area contributed by atoms with Crippen molar-refractivity contribution in [3.63, 3.8) is 0 Å². The molecule has 1 saturated heterocycles. The molecule has 1 aliphatic heterocycles. The average Bonchev–Trinajstić information content (AvgIpc) is 2.24. The van der Waals surface area contributed by atoms with Crippen LogP contribution in [0.1, 0.15) is 40.5 Å². The molecule has 1 rings (SSSR count). The highest BCUT2D eigenvalue weighted by molar-refractivity contribution is 5.87. The Bertz CT molecular complexity index is 245. The van der Waals surface area contributed by atoms with Crippen LogP contribution in [0.4, 0.5) is 0 Å². The summed E-state index contributed by atoms with van der Waals surface area (Å²) in [4.78, 5) is 24.3. The van der Waals surface area contributed by atoms with Gasteiger partial charge in [-0.15, -0.1) is 0 Å². The van der Waals surface area contributed by atoms with Crippen molar-refractivity contribution in [1.29, 1.82) is 0 Å². The standard InChI is InChI=1S/C10H17NO2/c1-7(12)9-5-6-10(3,4)11(9)8(2)13/h9H,5-6H2,1-4H3/t9-/m0/s1. The van der Waals surface area contributed by atoms with Crippen molar-refractivity contribution in [2.75, 3.05) is 0 Å². The fourth-order valence-electron chi connectivity index (χ4n) is 2.19. The zero-order valence-corrected chi connectivity index (χ0v) is 8.76. The van der Waals surface area contributed by atoms with E-state index in [9.17, 15) is 9.59 Å². The van der Waals surface area contributed by atoms with Gasteiger partial charge in [-0.1, -0.05) is 0 Å². The second-order valence-corrected chi connectivity index (χ2v) is 4.37. The predicted molar refractivity (Wildman–Crippen MR) is 50.3 cm³/mol. The summed E-state index contributed by atoms with van der Waals surface area (Å²) in [7, 11) is 0. The molecular weight excluding hydrogens is 166 g/mol. The summed E-state index contributed by atoms with van der Waals surface area (Å²) in [6.45, 7) is 7.11. The highest BCUT2D eigenvalue weighted by Gasteiger charge is 2.42. The molecular formula is C10H17NO2. The van der Waals surface area contributed by atoms with Crippen LogP contribution in [0.3, 0.4) is 0 Å². The number of ketones is 1. The normalized spacial score (nSPS) is 26.2. The summed E-state index contributed by atoms with van der Waals surface area (Å²) in [6, 6.07) is -0.188. The number of hydrogen-bond donors (Lipinski definition) is 0. The minimum Gasteiger partial charge on any atom is -0.328 e. The second-order valence-electron chi connectivity index (χ2n) is 4.37. The molecule has 1 heterocycles. The van der Waals surface area contributed by atoms with Crippen LogP contribution in [0.15, 0.2) is 0 Å². The van der Waals surface area contributed by atoms with Gasteiger partial charge in [0.15, 0.2) is 5.78 Å². The van der Waals surface area contributed by atoms with Gasteiger partial charge in [-0.3, -0.25) is 9.59 Å². The molecule has 0 bridgehead atoms. The van der Waals surface area contributed by atoms with Crippen molar-refractivity contribution in [1.82, 2.24) is 4.90 Å². The summed E-state index contributed by atoms with van der Waals surface area (Å²) in [6.07, 6.45) is 1.72. The number of nitrogens with zero attached hydrogens (tertiary/aromatic N) is 1. The average molecular weight is 183 g/mol. The van der Waals surface area contributed by atoms with Crippen molar-refractivity contribution in [3.8, 4) is 0 Å². The van der Waals surface area contributed by atoms with Crippen LogP contribution in [0, 0.1) is 0 Å². The Balaban J connectivity index is 2.92. The lowest BCUT2D eigenvalue weighted by Crippen LogP contribution is -2.48. The molecule has 0 aromatic rings. The first-order valence-corrected chi connectivity index (χ1v) is 4.66. The number of carbonyl (C=O) groups excluding carboxylic acids is 2. The molecule has 0 unspecified atom stereocenters. The van der Waals surface area contributed by atoms with Crippen molar-refractivity contribution >= 4 is 11.7 Å². The van der Waals surface area contributed by atoms with E-state index < -0.39 is 0 Å². The number of carbonyl (C=O) groups is 2. The molecule has 0 N–H and O–H groups in total. The Morgan fingerprint density at radius 2 is 1.85 bits per heavy atom. The lowest BCUT2D eigenvalue weighted by molar-refractivity contribution is -0.139. The molecule has 0 radical (unpaired) electrons. The smallest absolute Gasteiger partial charge is 0.220 e. The minimum atomic E-state index is -0.188. The number of likely N-dealkylation sites (tertiary alicyclic amines) is 1. The summed E-state index contributed by atoms with van der Waals surface area (Å²) in [5, 5.41) is 0. The largest absolute Gasteiger partial charge is 0.328 e. The molecule has 1 amide bonds. The van der Waals surface area contributed by atoms with Gasteiger partial charge in [-0.2, -0.15) is 0 Å². The van der Waals surface area contributed by atoms with Gasteiger partial charge < -0.3 is 4.90 Å². The maximum atomic E-state index is 11.4. The van der Waals surface area contributed by atoms with Gasteiger partial charge in [0.05, 0.1) is 6.04 Å². The van der Waals surface area contributed by atoms with E-state index in [4.69, 9.17) is 0 Å². The fraction of sp³-hybridized carbons (Fsp3) is 0.800. The third kappa shape index (κ3) is 1.74. The summed E-state index contributed by atoms with van der Waals surface area (Å²) < 4.78 is 0. The zero-order chi connectivity index (χ0) is 10.2. The van der Waals surface area contributed by atoms with Gasteiger partial charge in [0.25, 0.3) is 0 Å². The summed E-state index contributed by atoms with van der Waals surface area (Å²) in [5.74, 6) is 0.100. The molecule has 0 saturated carbocycles. The van der Waals surface area contributed by atoms with Crippen LogP contribution in [0.5, 0.6) is 0 Å². The lowest BCUT2D eigenvalue weighted by atomic mass is 10.0. The van der Waals surface area contributed by atoms with Crippen molar-refractivity contribution in [2.24, 2.45) is 0 Å². The van der Waals surface area contributed by atoms with Crippen LogP contribution < -0.4 is 0 Å². The fourth-order valence-corrected chi connectivity index (χ4v) is 2.19. The first-order valence-electron chi connectivity index (χ1n) is 4.66. The molecule has 1 atom stereocenters. The summed E-state index contributed by atoms with van der Waals surface area (Å²) >= 11 is 0. The zero-order valence-electron chi connectivity index (χ0n) is 8.76. The molecule has 3 nitrogen and oxygen atoms in total. The van der Waals surface area contributed by atoms with Crippen molar-refractivity contribution in [2.45, 2.75) is 52.1 Å². The van der Waals surface area contributed by atoms with Crippen LogP contribution in [-0.2, 0) is 9.59 Å². The Kier molecular flexibility index (Phi) is 2.46. The van der Waals surface area contributed by atoms with Gasteiger partial charge in [-0.05, 0) is 33.6 Å². The maximum Gasteiger partial charge on any atom is 0.220 e. The molecule has 1 fully saturated rings.